The number of hydrogen-bond acceptors (Lipinski definition) is 2. The van der Waals surface area contributed by atoms with Gasteiger partial charge in [-0.05, 0) is 19.8 Å². The lowest BCUT2D eigenvalue weighted by Crippen LogP contribution is -2.47. The minimum Gasteiger partial charge on any atom is -0.481 e. The van der Waals surface area contributed by atoms with Crippen LogP contribution in [0.25, 0.3) is 0 Å². The first kappa shape index (κ1) is 11.5. The molecular formula is C11H21NO2. The van der Waals surface area contributed by atoms with E-state index in [1.807, 2.05) is 6.92 Å². The molecule has 0 aromatic carbocycles. The molecule has 3 nitrogen and oxygen atoms in total. The van der Waals surface area contributed by atoms with Gasteiger partial charge in [0.2, 0.25) is 0 Å². The molecule has 3 heteroatoms. The van der Waals surface area contributed by atoms with Crippen LogP contribution in [0.2, 0.25) is 0 Å². The predicted octanol–water partition coefficient (Wildman–Crippen LogP) is 2.15. The summed E-state index contributed by atoms with van der Waals surface area (Å²) in [5.74, 6) is -1.09. The summed E-state index contributed by atoms with van der Waals surface area (Å²) in [5.41, 5.74) is 5.56. The number of hydrogen-bond donors (Lipinski definition) is 2. The molecule has 82 valence electrons. The standard InChI is InChI=1S/C11H21NO2/c1-11(12)8-6-4-2-3-5-7-9(11)10(13)14/h9H,2-8,12H2,1H3,(H,13,14). The molecule has 0 saturated heterocycles. The van der Waals surface area contributed by atoms with Crippen LogP contribution in [0.5, 0.6) is 0 Å². The Morgan fingerprint density at radius 2 is 1.86 bits per heavy atom. The fourth-order valence-electron chi connectivity index (χ4n) is 2.29. The molecule has 0 aromatic heterocycles. The SMILES string of the molecule is CC1(N)CCCCCCCC1C(=O)O. The van der Waals surface area contributed by atoms with Gasteiger partial charge in [-0.15, -0.1) is 0 Å². The van der Waals surface area contributed by atoms with Gasteiger partial charge in [-0.1, -0.05) is 32.1 Å². The average Bonchev–Trinajstić information content (AvgIpc) is 2.14. The largest absolute Gasteiger partial charge is 0.481 e. The fourth-order valence-corrected chi connectivity index (χ4v) is 2.29. The highest BCUT2D eigenvalue weighted by atomic mass is 16.4. The molecule has 2 atom stereocenters. The molecule has 1 fully saturated rings. The Kier molecular flexibility index (Phi) is 3.93. The summed E-state index contributed by atoms with van der Waals surface area (Å²) in [6, 6.07) is 0. The summed E-state index contributed by atoms with van der Waals surface area (Å²) in [5, 5.41) is 9.10. The molecule has 14 heavy (non-hydrogen) atoms. The number of carbonyl (C=O) groups is 1. The maximum Gasteiger partial charge on any atom is 0.308 e. The summed E-state index contributed by atoms with van der Waals surface area (Å²) in [6.45, 7) is 1.89. The van der Waals surface area contributed by atoms with Gasteiger partial charge in [0.05, 0.1) is 5.92 Å². The Labute approximate surface area is 85.7 Å². The Bertz CT molecular complexity index is 201. The first-order valence-electron chi connectivity index (χ1n) is 5.56. The number of carboxylic acid groups (broad SMARTS) is 1. The van der Waals surface area contributed by atoms with Crippen LogP contribution in [-0.2, 0) is 4.79 Å². The molecule has 3 N–H and O–H groups in total. The summed E-state index contributed by atoms with van der Waals surface area (Å²) in [4.78, 5) is 11.1. The lowest BCUT2D eigenvalue weighted by atomic mass is 9.80. The molecule has 1 rings (SSSR count). The molecule has 0 heterocycles. The lowest BCUT2D eigenvalue weighted by Gasteiger charge is -2.30. The Morgan fingerprint density at radius 3 is 2.50 bits per heavy atom. The number of aliphatic carboxylic acids is 1. The lowest BCUT2D eigenvalue weighted by molar-refractivity contribution is -0.144. The van der Waals surface area contributed by atoms with E-state index in [2.05, 4.69) is 0 Å². The molecule has 0 radical (unpaired) electrons. The van der Waals surface area contributed by atoms with Gasteiger partial charge in [-0.25, -0.2) is 0 Å². The van der Waals surface area contributed by atoms with E-state index >= 15 is 0 Å². The fraction of sp³-hybridized carbons (Fsp3) is 0.909. The van der Waals surface area contributed by atoms with E-state index in [-0.39, 0.29) is 5.92 Å². The van der Waals surface area contributed by atoms with Crippen LogP contribution in [0.15, 0.2) is 0 Å². The molecule has 0 spiro atoms. The highest BCUT2D eigenvalue weighted by molar-refractivity contribution is 5.71. The van der Waals surface area contributed by atoms with Crippen molar-refractivity contribution in [3.63, 3.8) is 0 Å². The van der Waals surface area contributed by atoms with Crippen molar-refractivity contribution in [3.05, 3.63) is 0 Å². The van der Waals surface area contributed by atoms with E-state index in [0.29, 0.717) is 0 Å². The molecule has 1 saturated carbocycles. The zero-order chi connectivity index (χ0) is 10.6. The molecule has 0 aliphatic heterocycles. The zero-order valence-corrected chi connectivity index (χ0v) is 8.96. The van der Waals surface area contributed by atoms with Crippen LogP contribution in [0, 0.1) is 5.92 Å². The quantitative estimate of drug-likeness (QED) is 0.680. The van der Waals surface area contributed by atoms with Crippen LogP contribution in [0.1, 0.15) is 51.9 Å². The van der Waals surface area contributed by atoms with Gasteiger partial charge < -0.3 is 10.8 Å². The van der Waals surface area contributed by atoms with E-state index in [1.165, 1.54) is 12.8 Å². The third kappa shape index (κ3) is 2.98. The van der Waals surface area contributed by atoms with Gasteiger partial charge in [0, 0.05) is 5.54 Å². The third-order valence-corrected chi connectivity index (χ3v) is 3.30. The second-order valence-corrected chi connectivity index (χ2v) is 4.70. The summed E-state index contributed by atoms with van der Waals surface area (Å²) < 4.78 is 0. The number of rotatable bonds is 1. The highest BCUT2D eigenvalue weighted by Crippen LogP contribution is 2.28. The molecule has 1 aliphatic rings. The van der Waals surface area contributed by atoms with Gasteiger partial charge in [0.25, 0.3) is 0 Å². The van der Waals surface area contributed by atoms with Gasteiger partial charge in [-0.2, -0.15) is 0 Å². The van der Waals surface area contributed by atoms with Crippen molar-refractivity contribution >= 4 is 5.97 Å². The highest BCUT2D eigenvalue weighted by Gasteiger charge is 2.35. The first-order valence-corrected chi connectivity index (χ1v) is 5.56. The average molecular weight is 199 g/mol. The van der Waals surface area contributed by atoms with E-state index < -0.39 is 11.5 Å². The molecular weight excluding hydrogens is 178 g/mol. The Hall–Kier alpha value is -0.570. The summed E-state index contributed by atoms with van der Waals surface area (Å²) in [6.07, 6.45) is 7.22. The normalized spacial score (nSPS) is 35.4. The van der Waals surface area contributed by atoms with E-state index in [4.69, 9.17) is 10.8 Å². The van der Waals surface area contributed by atoms with E-state index in [0.717, 1.165) is 32.1 Å². The maximum atomic E-state index is 11.1. The van der Waals surface area contributed by atoms with E-state index in [1.54, 1.807) is 0 Å². The van der Waals surface area contributed by atoms with Crippen LogP contribution < -0.4 is 5.73 Å². The zero-order valence-electron chi connectivity index (χ0n) is 8.96. The van der Waals surface area contributed by atoms with Crippen molar-refractivity contribution in [2.45, 2.75) is 57.4 Å². The second-order valence-electron chi connectivity index (χ2n) is 4.70. The van der Waals surface area contributed by atoms with Gasteiger partial charge in [0.1, 0.15) is 0 Å². The third-order valence-electron chi connectivity index (χ3n) is 3.30. The minimum atomic E-state index is -0.725. The first-order chi connectivity index (χ1) is 6.54. The summed E-state index contributed by atoms with van der Waals surface area (Å²) >= 11 is 0. The Morgan fingerprint density at radius 1 is 1.29 bits per heavy atom. The van der Waals surface area contributed by atoms with Crippen LogP contribution >= 0.6 is 0 Å². The molecule has 0 bridgehead atoms. The van der Waals surface area contributed by atoms with Crippen molar-refractivity contribution in [1.29, 1.82) is 0 Å². The van der Waals surface area contributed by atoms with Crippen molar-refractivity contribution in [1.82, 2.24) is 0 Å². The summed E-state index contributed by atoms with van der Waals surface area (Å²) in [7, 11) is 0. The smallest absolute Gasteiger partial charge is 0.308 e. The van der Waals surface area contributed by atoms with Gasteiger partial charge >= 0.3 is 5.97 Å². The van der Waals surface area contributed by atoms with Crippen molar-refractivity contribution in [2.75, 3.05) is 0 Å². The van der Waals surface area contributed by atoms with Crippen molar-refractivity contribution in [3.8, 4) is 0 Å². The minimum absolute atomic E-state index is 0.361. The Balaban J connectivity index is 2.68. The second kappa shape index (κ2) is 4.78. The van der Waals surface area contributed by atoms with Crippen molar-refractivity contribution < 1.29 is 9.90 Å². The number of carboxylic acids is 1. The molecule has 1 aliphatic carbocycles. The maximum absolute atomic E-state index is 11.1. The van der Waals surface area contributed by atoms with E-state index in [9.17, 15) is 4.79 Å². The van der Waals surface area contributed by atoms with Crippen molar-refractivity contribution in [2.24, 2.45) is 11.7 Å². The topological polar surface area (TPSA) is 63.3 Å². The van der Waals surface area contributed by atoms with Gasteiger partial charge in [-0.3, -0.25) is 4.79 Å². The monoisotopic (exact) mass is 199 g/mol. The molecule has 0 amide bonds. The van der Waals surface area contributed by atoms with Crippen LogP contribution in [0.3, 0.4) is 0 Å². The van der Waals surface area contributed by atoms with Crippen LogP contribution in [-0.4, -0.2) is 16.6 Å². The van der Waals surface area contributed by atoms with Gasteiger partial charge in [0.15, 0.2) is 0 Å². The molecule has 0 aromatic rings. The van der Waals surface area contributed by atoms with Crippen LogP contribution in [0.4, 0.5) is 0 Å². The predicted molar refractivity (Wildman–Crippen MR) is 56.0 cm³/mol. The molecule has 2 unspecified atom stereocenters. The number of nitrogens with two attached hydrogens (primary N) is 1.